The SMILES string of the molecule is CC(NCCN1CCOCC1)C1CC[C@@]2(O)C3=CC(=O)[C@@H]4C[C@@H](O)[C@@H](O)C[C@]4(C)C3CC[C@]12C. The standard InChI is InChI=1S/C27H44N2O5/c1-17(28-8-9-29-10-12-34-13-11-29)18-5-7-27(33)20-14-22(30)21-15-23(31)24(32)16-25(21,2)19(20)4-6-26(18,27)3/h14,17-19,21,23-24,28,31-33H,4-13,15-16H2,1-3H3/t17?,18?,19?,21-,23+,24-,25+,26+,27+/m0/s1. The number of hydrogen-bond acceptors (Lipinski definition) is 7. The van der Waals surface area contributed by atoms with Crippen molar-refractivity contribution in [2.45, 2.75) is 83.1 Å². The van der Waals surface area contributed by atoms with Crippen LogP contribution in [-0.4, -0.2) is 89.2 Å². The van der Waals surface area contributed by atoms with Crippen LogP contribution in [0.4, 0.5) is 0 Å². The number of aliphatic hydroxyl groups excluding tert-OH is 2. The fourth-order valence-electron chi connectivity index (χ4n) is 8.63. The predicted molar refractivity (Wildman–Crippen MR) is 129 cm³/mol. The Morgan fingerprint density at radius 2 is 1.88 bits per heavy atom. The van der Waals surface area contributed by atoms with Gasteiger partial charge in [-0.05, 0) is 74.3 Å². The van der Waals surface area contributed by atoms with Crippen molar-refractivity contribution in [3.63, 3.8) is 0 Å². The first-order chi connectivity index (χ1) is 16.1. The Morgan fingerprint density at radius 3 is 2.62 bits per heavy atom. The highest BCUT2D eigenvalue weighted by molar-refractivity contribution is 5.95. The highest BCUT2D eigenvalue weighted by atomic mass is 16.5. The van der Waals surface area contributed by atoms with Gasteiger partial charge in [0, 0.05) is 43.6 Å². The number of ether oxygens (including phenoxy) is 1. The second-order valence-corrected chi connectivity index (χ2v) is 12.3. The summed E-state index contributed by atoms with van der Waals surface area (Å²) in [4.78, 5) is 15.7. The molecule has 1 saturated heterocycles. The summed E-state index contributed by atoms with van der Waals surface area (Å²) in [5, 5.41) is 36.8. The number of nitrogens with zero attached hydrogens (tertiary/aromatic N) is 1. The molecule has 3 unspecified atom stereocenters. The first kappa shape index (κ1) is 24.8. The molecule has 34 heavy (non-hydrogen) atoms. The van der Waals surface area contributed by atoms with Crippen LogP contribution in [0.3, 0.4) is 0 Å². The summed E-state index contributed by atoms with van der Waals surface area (Å²) in [6, 6.07) is 0.284. The van der Waals surface area contributed by atoms with E-state index in [9.17, 15) is 20.1 Å². The van der Waals surface area contributed by atoms with Gasteiger partial charge >= 0.3 is 0 Å². The van der Waals surface area contributed by atoms with Gasteiger partial charge in [-0.3, -0.25) is 9.69 Å². The molecule has 4 fully saturated rings. The number of nitrogens with one attached hydrogen (secondary N) is 1. The highest BCUT2D eigenvalue weighted by Gasteiger charge is 2.66. The largest absolute Gasteiger partial charge is 0.390 e. The average Bonchev–Trinajstić information content (AvgIpc) is 3.08. The van der Waals surface area contributed by atoms with Crippen LogP contribution in [0.5, 0.6) is 0 Å². The van der Waals surface area contributed by atoms with Gasteiger partial charge in [0.2, 0.25) is 0 Å². The summed E-state index contributed by atoms with van der Waals surface area (Å²) >= 11 is 0. The molecule has 7 heteroatoms. The summed E-state index contributed by atoms with van der Waals surface area (Å²) < 4.78 is 5.45. The highest BCUT2D eigenvalue weighted by Crippen LogP contribution is 2.67. The van der Waals surface area contributed by atoms with E-state index >= 15 is 0 Å². The number of fused-ring (bicyclic) bond motifs is 5. The molecule has 7 nitrogen and oxygen atoms in total. The van der Waals surface area contributed by atoms with Crippen LogP contribution in [0.15, 0.2) is 11.6 Å². The maximum Gasteiger partial charge on any atom is 0.159 e. The lowest BCUT2D eigenvalue weighted by Gasteiger charge is -2.60. The Balaban J connectivity index is 1.33. The number of carbonyl (C=O) groups excluding carboxylic acids is 1. The zero-order valence-corrected chi connectivity index (χ0v) is 21.1. The molecule has 4 aliphatic carbocycles. The first-order valence-corrected chi connectivity index (χ1v) is 13.5. The van der Waals surface area contributed by atoms with E-state index in [4.69, 9.17) is 4.74 Å². The second-order valence-electron chi connectivity index (χ2n) is 12.3. The quantitative estimate of drug-likeness (QED) is 0.477. The van der Waals surface area contributed by atoms with Crippen molar-refractivity contribution < 1.29 is 24.9 Å². The maximum atomic E-state index is 13.3. The van der Waals surface area contributed by atoms with Gasteiger partial charge < -0.3 is 25.4 Å². The summed E-state index contributed by atoms with van der Waals surface area (Å²) in [5.74, 6) is 0.172. The molecule has 0 aromatic rings. The molecule has 9 atom stereocenters. The van der Waals surface area contributed by atoms with E-state index in [1.54, 1.807) is 6.08 Å². The number of hydrogen-bond donors (Lipinski definition) is 4. The van der Waals surface area contributed by atoms with E-state index < -0.39 is 23.2 Å². The Bertz CT molecular complexity index is 828. The van der Waals surface area contributed by atoms with Crippen molar-refractivity contribution >= 4 is 5.78 Å². The van der Waals surface area contributed by atoms with Crippen LogP contribution in [0.2, 0.25) is 0 Å². The van der Waals surface area contributed by atoms with E-state index in [-0.39, 0.29) is 29.1 Å². The normalized spacial score (nSPS) is 48.0. The van der Waals surface area contributed by atoms with Crippen molar-refractivity contribution in [1.29, 1.82) is 0 Å². The molecule has 0 spiro atoms. The van der Waals surface area contributed by atoms with Gasteiger partial charge in [-0.25, -0.2) is 0 Å². The molecule has 1 aliphatic heterocycles. The summed E-state index contributed by atoms with van der Waals surface area (Å²) in [6.45, 7) is 12.1. The molecule has 3 saturated carbocycles. The second kappa shape index (κ2) is 8.93. The number of allylic oxidation sites excluding steroid dienone is 1. The van der Waals surface area contributed by atoms with Crippen LogP contribution >= 0.6 is 0 Å². The molecule has 1 heterocycles. The third kappa shape index (κ3) is 3.73. The molecule has 5 aliphatic rings. The molecule has 4 N–H and O–H groups in total. The van der Waals surface area contributed by atoms with E-state index in [2.05, 4.69) is 31.0 Å². The fourth-order valence-corrected chi connectivity index (χ4v) is 8.63. The molecule has 0 aromatic carbocycles. The first-order valence-electron chi connectivity index (χ1n) is 13.5. The lowest BCUT2D eigenvalue weighted by Crippen LogP contribution is -2.61. The smallest absolute Gasteiger partial charge is 0.159 e. The number of aliphatic hydroxyl groups is 3. The van der Waals surface area contributed by atoms with Gasteiger partial charge in [-0.2, -0.15) is 0 Å². The zero-order valence-electron chi connectivity index (χ0n) is 21.1. The van der Waals surface area contributed by atoms with Gasteiger partial charge in [0.1, 0.15) is 0 Å². The van der Waals surface area contributed by atoms with E-state index in [1.165, 1.54) is 0 Å². The topological polar surface area (TPSA) is 102 Å². The zero-order chi connectivity index (χ0) is 24.3. The van der Waals surface area contributed by atoms with Crippen molar-refractivity contribution in [2.75, 3.05) is 39.4 Å². The molecule has 0 aromatic heterocycles. The number of morpholine rings is 1. The summed E-state index contributed by atoms with van der Waals surface area (Å²) in [7, 11) is 0. The Labute approximate surface area is 203 Å². The van der Waals surface area contributed by atoms with Crippen LogP contribution < -0.4 is 5.32 Å². The summed E-state index contributed by atoms with van der Waals surface area (Å²) in [6.07, 6.45) is 4.31. The average molecular weight is 477 g/mol. The minimum Gasteiger partial charge on any atom is -0.390 e. The molecular formula is C27H44N2O5. The molecule has 0 radical (unpaired) electrons. The number of carbonyl (C=O) groups is 1. The van der Waals surface area contributed by atoms with Gasteiger partial charge in [-0.15, -0.1) is 0 Å². The number of ketones is 1. The van der Waals surface area contributed by atoms with Crippen molar-refractivity contribution in [3.05, 3.63) is 11.6 Å². The van der Waals surface area contributed by atoms with Crippen LogP contribution in [0.25, 0.3) is 0 Å². The van der Waals surface area contributed by atoms with E-state index in [0.717, 1.165) is 64.2 Å². The van der Waals surface area contributed by atoms with Gasteiger partial charge in [0.05, 0.1) is 31.0 Å². The third-order valence-electron chi connectivity index (χ3n) is 10.8. The third-order valence-corrected chi connectivity index (χ3v) is 10.8. The molecule has 0 amide bonds. The monoisotopic (exact) mass is 476 g/mol. The van der Waals surface area contributed by atoms with Crippen molar-refractivity contribution in [2.24, 2.45) is 28.6 Å². The van der Waals surface area contributed by atoms with Gasteiger partial charge in [0.25, 0.3) is 0 Å². The maximum absolute atomic E-state index is 13.3. The predicted octanol–water partition coefficient (Wildman–Crippen LogP) is 1.50. The molecule has 5 rings (SSSR count). The molecule has 192 valence electrons. The lowest BCUT2D eigenvalue weighted by molar-refractivity contribution is -0.152. The summed E-state index contributed by atoms with van der Waals surface area (Å²) in [5.41, 5.74) is -0.754. The van der Waals surface area contributed by atoms with Crippen molar-refractivity contribution in [3.8, 4) is 0 Å². The Kier molecular flexibility index (Phi) is 6.52. The van der Waals surface area contributed by atoms with Crippen molar-refractivity contribution in [1.82, 2.24) is 10.2 Å². The van der Waals surface area contributed by atoms with Gasteiger partial charge in [0.15, 0.2) is 5.78 Å². The minimum atomic E-state index is -0.981. The van der Waals surface area contributed by atoms with Gasteiger partial charge in [-0.1, -0.05) is 13.8 Å². The fraction of sp³-hybridized carbons (Fsp3) is 0.889. The number of rotatable bonds is 5. The Hall–Kier alpha value is -0.830. The molecule has 0 bridgehead atoms. The Morgan fingerprint density at radius 1 is 1.15 bits per heavy atom. The van der Waals surface area contributed by atoms with E-state index in [0.29, 0.717) is 25.2 Å². The minimum absolute atomic E-state index is 0.0255. The van der Waals surface area contributed by atoms with Crippen LogP contribution in [-0.2, 0) is 9.53 Å². The van der Waals surface area contributed by atoms with Crippen LogP contribution in [0.1, 0.15) is 59.3 Å². The lowest BCUT2D eigenvalue weighted by atomic mass is 9.46. The van der Waals surface area contributed by atoms with E-state index in [1.807, 2.05) is 0 Å². The molecular weight excluding hydrogens is 432 g/mol. The van der Waals surface area contributed by atoms with Crippen LogP contribution in [0, 0.1) is 28.6 Å².